The summed E-state index contributed by atoms with van der Waals surface area (Å²) >= 11 is 0. The zero-order valence-corrected chi connectivity index (χ0v) is 26.5. The van der Waals surface area contributed by atoms with Crippen molar-refractivity contribution in [3.63, 3.8) is 0 Å². The largest absolute Gasteiger partial charge is 0.393 e. The summed E-state index contributed by atoms with van der Waals surface area (Å²) in [6, 6.07) is 13.9. The molecule has 2 nitrogen and oxygen atoms in total. The van der Waals surface area contributed by atoms with Gasteiger partial charge in [0.1, 0.15) is 5.78 Å². The van der Waals surface area contributed by atoms with Crippen LogP contribution >= 0.6 is 0 Å². The van der Waals surface area contributed by atoms with Crippen LogP contribution in [0.25, 0.3) is 11.1 Å². The normalized spacial score (nSPS) is 32.7. The molecule has 2 aromatic carbocycles. The summed E-state index contributed by atoms with van der Waals surface area (Å²) in [7, 11) is 0. The van der Waals surface area contributed by atoms with Gasteiger partial charge < -0.3 is 5.11 Å². The van der Waals surface area contributed by atoms with Gasteiger partial charge in [-0.1, -0.05) is 72.5 Å². The van der Waals surface area contributed by atoms with E-state index in [1.807, 2.05) is 0 Å². The van der Waals surface area contributed by atoms with Crippen LogP contribution in [0.4, 0.5) is 0 Å². The summed E-state index contributed by atoms with van der Waals surface area (Å²) < 4.78 is 0. The number of aryl methyl sites for hydroxylation is 4. The average molecular weight is 563 g/mol. The van der Waals surface area contributed by atoms with E-state index in [0.29, 0.717) is 17.6 Å². The standard InChI is InChI=1S/C20H26O.C20H24O/c2*1-3-20-11-10-16-15-6-4-13(2)12-14(15)5-7-17(16)18(20)8-9-19(20)21/h4,6,12,18-19,21H,3,5,7-11H2,1-2H3;4,6,12,18H,3,5,7-11H2,1-2H3/t18?,19-,20-;18?,20-/m00/s1. The van der Waals surface area contributed by atoms with Crippen LogP contribution in [0.1, 0.15) is 124 Å². The first-order chi connectivity index (χ1) is 20.3. The van der Waals surface area contributed by atoms with Crippen molar-refractivity contribution in [2.75, 3.05) is 0 Å². The van der Waals surface area contributed by atoms with E-state index in [1.54, 1.807) is 27.9 Å². The number of fused-ring (bicyclic) bond motifs is 8. The predicted molar refractivity (Wildman–Crippen MR) is 173 cm³/mol. The summed E-state index contributed by atoms with van der Waals surface area (Å²) in [5.74, 6) is 1.75. The van der Waals surface area contributed by atoms with Crippen LogP contribution in [0.2, 0.25) is 0 Å². The molecule has 5 atom stereocenters. The third kappa shape index (κ3) is 4.18. The number of aliphatic hydroxyl groups is 1. The van der Waals surface area contributed by atoms with Crippen molar-refractivity contribution in [2.24, 2.45) is 22.7 Å². The van der Waals surface area contributed by atoms with Gasteiger partial charge in [0.2, 0.25) is 0 Å². The molecule has 42 heavy (non-hydrogen) atoms. The van der Waals surface area contributed by atoms with E-state index in [1.165, 1.54) is 72.8 Å². The van der Waals surface area contributed by atoms with Gasteiger partial charge in [0.15, 0.2) is 0 Å². The molecule has 0 aliphatic heterocycles. The lowest BCUT2D eigenvalue weighted by atomic mass is 9.60. The molecule has 222 valence electrons. The Kier molecular flexibility index (Phi) is 7.16. The van der Waals surface area contributed by atoms with Gasteiger partial charge in [0, 0.05) is 17.3 Å². The third-order valence-electron chi connectivity index (χ3n) is 13.0. The fourth-order valence-electron chi connectivity index (χ4n) is 10.8. The van der Waals surface area contributed by atoms with Crippen molar-refractivity contribution in [1.29, 1.82) is 0 Å². The summed E-state index contributed by atoms with van der Waals surface area (Å²) in [6.45, 7) is 8.89. The first-order valence-electron chi connectivity index (χ1n) is 17.2. The molecule has 0 aromatic heterocycles. The molecule has 2 heteroatoms. The molecule has 0 heterocycles. The van der Waals surface area contributed by atoms with Crippen molar-refractivity contribution in [1.82, 2.24) is 0 Å². The Hall–Kier alpha value is -2.45. The monoisotopic (exact) mass is 562 g/mol. The van der Waals surface area contributed by atoms with Crippen molar-refractivity contribution in [3.05, 3.63) is 80.9 Å². The SMILES string of the molecule is CC[C@]12CCC3=C(CCc4cc(C)ccc43)C1CCC2=O.CC[C@]12CCC3=C(CCc4cc(C)ccc43)C1CC[C@@H]2O. The van der Waals surface area contributed by atoms with Gasteiger partial charge in [0.05, 0.1) is 6.10 Å². The van der Waals surface area contributed by atoms with Crippen molar-refractivity contribution in [2.45, 2.75) is 124 Å². The minimum absolute atomic E-state index is 0.00103. The highest BCUT2D eigenvalue weighted by atomic mass is 16.3. The lowest BCUT2D eigenvalue weighted by Crippen LogP contribution is -2.39. The molecule has 2 saturated carbocycles. The van der Waals surface area contributed by atoms with Crippen LogP contribution < -0.4 is 0 Å². The van der Waals surface area contributed by atoms with Crippen LogP contribution in [0.15, 0.2) is 47.5 Å². The quantitative estimate of drug-likeness (QED) is 0.396. The fraction of sp³-hybridized carbons (Fsp3) is 0.575. The number of Topliss-reactive ketones (excluding diaryl/α,β-unsaturated/α-hetero) is 1. The average Bonchev–Trinajstić information content (AvgIpc) is 3.53. The van der Waals surface area contributed by atoms with E-state index >= 15 is 0 Å². The van der Waals surface area contributed by atoms with E-state index in [4.69, 9.17) is 0 Å². The minimum atomic E-state index is -0.0686. The Morgan fingerprint density at radius 1 is 0.690 bits per heavy atom. The van der Waals surface area contributed by atoms with Gasteiger partial charge in [-0.05, 0) is 143 Å². The Morgan fingerprint density at radius 2 is 1.29 bits per heavy atom. The van der Waals surface area contributed by atoms with E-state index in [2.05, 4.69) is 64.1 Å². The highest BCUT2D eigenvalue weighted by Crippen LogP contribution is 2.60. The Bertz CT molecular complexity index is 1490. The third-order valence-corrected chi connectivity index (χ3v) is 13.0. The van der Waals surface area contributed by atoms with E-state index in [-0.39, 0.29) is 16.9 Å². The first kappa shape index (κ1) is 28.3. The van der Waals surface area contributed by atoms with Gasteiger partial charge >= 0.3 is 0 Å². The molecule has 0 radical (unpaired) electrons. The summed E-state index contributed by atoms with van der Waals surface area (Å²) in [5.41, 5.74) is 15.6. The van der Waals surface area contributed by atoms with Crippen LogP contribution in [-0.4, -0.2) is 17.0 Å². The van der Waals surface area contributed by atoms with Crippen molar-refractivity contribution in [3.8, 4) is 0 Å². The molecule has 2 unspecified atom stereocenters. The molecular weight excluding hydrogens is 512 g/mol. The molecule has 0 saturated heterocycles. The highest BCUT2D eigenvalue weighted by molar-refractivity contribution is 5.90. The van der Waals surface area contributed by atoms with E-state index in [9.17, 15) is 9.90 Å². The second-order valence-corrected chi connectivity index (χ2v) is 14.6. The number of allylic oxidation sites excluding steroid dienone is 4. The van der Waals surface area contributed by atoms with Gasteiger partial charge in [-0.2, -0.15) is 0 Å². The number of hydrogen-bond acceptors (Lipinski definition) is 2. The first-order valence-corrected chi connectivity index (χ1v) is 17.2. The minimum Gasteiger partial charge on any atom is -0.393 e. The number of rotatable bonds is 2. The van der Waals surface area contributed by atoms with E-state index < -0.39 is 0 Å². The molecule has 2 aromatic rings. The van der Waals surface area contributed by atoms with Gasteiger partial charge in [-0.3, -0.25) is 4.79 Å². The van der Waals surface area contributed by atoms with Crippen LogP contribution in [0.5, 0.6) is 0 Å². The Labute approximate surface area is 253 Å². The van der Waals surface area contributed by atoms with Crippen LogP contribution in [0, 0.1) is 36.5 Å². The lowest BCUT2D eigenvalue weighted by molar-refractivity contribution is -0.127. The molecule has 1 N–H and O–H groups in total. The molecule has 0 spiro atoms. The van der Waals surface area contributed by atoms with Crippen molar-refractivity contribution < 1.29 is 9.90 Å². The van der Waals surface area contributed by atoms with E-state index in [0.717, 1.165) is 44.9 Å². The van der Waals surface area contributed by atoms with Gasteiger partial charge in [-0.25, -0.2) is 0 Å². The maximum Gasteiger partial charge on any atom is 0.139 e. The molecular formula is C40H50O2. The zero-order valence-electron chi connectivity index (χ0n) is 26.5. The Morgan fingerprint density at radius 3 is 1.88 bits per heavy atom. The molecule has 6 aliphatic rings. The molecule has 0 bridgehead atoms. The number of benzene rings is 2. The number of carbonyl (C=O) groups is 1. The summed E-state index contributed by atoms with van der Waals surface area (Å²) in [6.07, 6.45) is 15.6. The predicted octanol–water partition coefficient (Wildman–Crippen LogP) is 9.52. The maximum atomic E-state index is 12.5. The second kappa shape index (κ2) is 10.6. The lowest BCUT2D eigenvalue weighted by Gasteiger charge is -2.45. The van der Waals surface area contributed by atoms with Gasteiger partial charge in [-0.15, -0.1) is 0 Å². The fourth-order valence-corrected chi connectivity index (χ4v) is 10.8. The maximum absolute atomic E-state index is 12.5. The topological polar surface area (TPSA) is 37.3 Å². The molecule has 8 rings (SSSR count). The summed E-state index contributed by atoms with van der Waals surface area (Å²) in [5, 5.41) is 10.6. The smallest absolute Gasteiger partial charge is 0.139 e. The molecule has 2 fully saturated rings. The van der Waals surface area contributed by atoms with Crippen LogP contribution in [0.3, 0.4) is 0 Å². The second-order valence-electron chi connectivity index (χ2n) is 14.6. The number of aliphatic hydroxyl groups excluding tert-OH is 1. The number of carbonyl (C=O) groups excluding carboxylic acids is 1. The van der Waals surface area contributed by atoms with Crippen LogP contribution in [-0.2, 0) is 17.6 Å². The molecule has 0 amide bonds. The zero-order chi connectivity index (χ0) is 29.2. The summed E-state index contributed by atoms with van der Waals surface area (Å²) in [4.78, 5) is 12.5. The van der Waals surface area contributed by atoms with Gasteiger partial charge in [0.25, 0.3) is 0 Å². The number of ketones is 1. The number of hydrogen-bond donors (Lipinski definition) is 1. The Balaban J connectivity index is 0.000000137. The highest BCUT2D eigenvalue weighted by Gasteiger charge is 2.53. The molecule has 6 aliphatic carbocycles. The van der Waals surface area contributed by atoms with Crippen molar-refractivity contribution >= 4 is 16.9 Å².